The van der Waals surface area contributed by atoms with Gasteiger partial charge in [0.15, 0.2) is 11.5 Å². The Morgan fingerprint density at radius 3 is 2.23 bits per heavy atom. The summed E-state index contributed by atoms with van der Waals surface area (Å²) in [6.45, 7) is 7.33. The number of hydrogen-bond donors (Lipinski definition) is 1. The lowest BCUT2D eigenvalue weighted by atomic mass is 10.0. The summed E-state index contributed by atoms with van der Waals surface area (Å²) in [4.78, 5) is 8.15. The maximum Gasteiger partial charge on any atom is 0.230 e. The molecule has 0 bridgehead atoms. The molecular weight excluding hydrogens is 420 g/mol. The number of ether oxygens (including phenoxy) is 4. The van der Waals surface area contributed by atoms with Crippen molar-refractivity contribution in [3.8, 4) is 23.1 Å². The van der Waals surface area contributed by atoms with E-state index in [1.54, 1.807) is 28.3 Å². The number of rotatable bonds is 6. The van der Waals surface area contributed by atoms with E-state index >= 15 is 0 Å². The number of aromatic nitrogens is 3. The van der Waals surface area contributed by atoms with Gasteiger partial charge in [0.1, 0.15) is 5.82 Å². The average molecular weight is 449 g/mol. The highest BCUT2D eigenvalue weighted by Gasteiger charge is 2.35. The Kier molecular flexibility index (Phi) is 5.96. The second-order valence-corrected chi connectivity index (χ2v) is 8.72. The van der Waals surface area contributed by atoms with Crippen molar-refractivity contribution in [3.63, 3.8) is 0 Å². The molecule has 3 heterocycles. The second kappa shape index (κ2) is 8.52. The molecule has 10 heteroatoms. The van der Waals surface area contributed by atoms with Crippen molar-refractivity contribution in [1.29, 1.82) is 0 Å². The van der Waals surface area contributed by atoms with Crippen molar-refractivity contribution in [3.05, 3.63) is 28.4 Å². The predicted molar refractivity (Wildman–Crippen MR) is 117 cm³/mol. The number of methoxy groups -OCH3 is 3. The van der Waals surface area contributed by atoms with Gasteiger partial charge >= 0.3 is 0 Å². The molecule has 0 radical (unpaired) electrons. The van der Waals surface area contributed by atoms with Crippen LogP contribution in [-0.2, 0) is 4.74 Å². The molecule has 0 amide bonds. The molecular formula is C21H28N4O5S. The number of hydrogen-bond acceptors (Lipinski definition) is 9. The van der Waals surface area contributed by atoms with E-state index in [9.17, 15) is 5.11 Å². The average Bonchev–Trinajstić information content (AvgIpc) is 3.24. The normalized spacial score (nSPS) is 20.7. The third kappa shape index (κ3) is 3.90. The van der Waals surface area contributed by atoms with Crippen LogP contribution in [0.15, 0.2) is 12.1 Å². The van der Waals surface area contributed by atoms with Crippen LogP contribution >= 0.6 is 11.3 Å². The Balaban J connectivity index is 1.90. The van der Waals surface area contributed by atoms with Crippen LogP contribution in [-0.4, -0.2) is 71.2 Å². The topological polar surface area (TPSA) is 90.6 Å². The molecule has 31 heavy (non-hydrogen) atoms. The van der Waals surface area contributed by atoms with Crippen molar-refractivity contribution >= 4 is 16.3 Å². The molecule has 1 saturated heterocycles. The first-order valence-electron chi connectivity index (χ1n) is 10.1. The summed E-state index contributed by atoms with van der Waals surface area (Å²) in [6, 6.07) is 3.59. The van der Waals surface area contributed by atoms with Gasteiger partial charge < -0.3 is 24.1 Å². The highest BCUT2D eigenvalue weighted by molar-refractivity contribution is 7.17. The molecule has 1 fully saturated rings. The third-order valence-corrected chi connectivity index (χ3v) is 6.44. The summed E-state index contributed by atoms with van der Waals surface area (Å²) in [7, 11) is 4.77. The Hall–Kier alpha value is -2.56. The minimum atomic E-state index is -0.267. The minimum absolute atomic E-state index is 0.0554. The quantitative estimate of drug-likeness (QED) is 0.615. The van der Waals surface area contributed by atoms with E-state index in [2.05, 4.69) is 28.8 Å². The maximum atomic E-state index is 11.1. The maximum absolute atomic E-state index is 11.1. The molecule has 0 unspecified atom stereocenters. The first-order valence-corrected chi connectivity index (χ1v) is 10.9. The molecule has 0 spiro atoms. The Morgan fingerprint density at radius 2 is 1.71 bits per heavy atom. The summed E-state index contributed by atoms with van der Waals surface area (Å²) in [6.07, 6.45) is 0.111. The van der Waals surface area contributed by atoms with E-state index < -0.39 is 0 Å². The van der Waals surface area contributed by atoms with Crippen molar-refractivity contribution in [2.75, 3.05) is 34.4 Å². The van der Waals surface area contributed by atoms with Crippen molar-refractivity contribution < 1.29 is 24.1 Å². The molecule has 4 rings (SSSR count). The Bertz CT molecular complexity index is 1050. The lowest BCUT2D eigenvalue weighted by Crippen LogP contribution is -2.47. The molecule has 1 N–H and O–H groups in total. The zero-order valence-electron chi connectivity index (χ0n) is 18.6. The number of benzene rings is 1. The summed E-state index contributed by atoms with van der Waals surface area (Å²) in [5.74, 6) is 2.35. The van der Waals surface area contributed by atoms with Crippen molar-refractivity contribution in [2.45, 2.75) is 39.0 Å². The number of aryl methyl sites for hydroxylation is 1. The van der Waals surface area contributed by atoms with Crippen LogP contribution < -0.4 is 14.2 Å². The standard InChI is InChI=1S/C21H28N4O5S/c1-11-9-24(10-12(2)30-11)17(19-20(26)25-21(31-19)22-13(3)23-25)14-7-15(27-4)18(29-6)16(8-14)28-5/h7-8,11-12,17,26H,9-10H2,1-6H3/t11-,12-,17+/m1/s1. The summed E-state index contributed by atoms with van der Waals surface area (Å²) in [5.41, 5.74) is 0.910. The molecule has 3 aromatic rings. The molecule has 1 aliphatic heterocycles. The molecule has 3 atom stereocenters. The Labute approximate surface area is 185 Å². The van der Waals surface area contributed by atoms with Crippen molar-refractivity contribution in [2.24, 2.45) is 0 Å². The van der Waals surface area contributed by atoms with Gasteiger partial charge in [0.2, 0.25) is 16.6 Å². The van der Waals surface area contributed by atoms with Gasteiger partial charge in [-0.25, -0.2) is 4.98 Å². The smallest absolute Gasteiger partial charge is 0.230 e. The van der Waals surface area contributed by atoms with Crippen LogP contribution in [0.25, 0.3) is 4.96 Å². The highest BCUT2D eigenvalue weighted by Crippen LogP contribution is 2.46. The van der Waals surface area contributed by atoms with Crippen LogP contribution in [0.4, 0.5) is 0 Å². The first-order chi connectivity index (χ1) is 14.9. The van der Waals surface area contributed by atoms with Gasteiger partial charge in [0.05, 0.1) is 44.5 Å². The fraction of sp³-hybridized carbons (Fsp3) is 0.524. The fourth-order valence-electron chi connectivity index (χ4n) is 4.24. The van der Waals surface area contributed by atoms with Crippen LogP contribution in [0.1, 0.15) is 36.2 Å². The van der Waals surface area contributed by atoms with E-state index in [0.717, 1.165) is 10.4 Å². The summed E-state index contributed by atoms with van der Waals surface area (Å²) in [5, 5.41) is 15.4. The van der Waals surface area contributed by atoms with Gasteiger partial charge in [0.25, 0.3) is 0 Å². The predicted octanol–water partition coefficient (Wildman–Crippen LogP) is 3.03. The molecule has 0 saturated carbocycles. The van der Waals surface area contributed by atoms with Crippen LogP contribution in [0.2, 0.25) is 0 Å². The molecule has 0 aliphatic carbocycles. The number of nitrogens with zero attached hydrogens (tertiary/aromatic N) is 4. The van der Waals surface area contributed by atoms with Gasteiger partial charge in [0, 0.05) is 13.1 Å². The highest BCUT2D eigenvalue weighted by atomic mass is 32.1. The van der Waals surface area contributed by atoms with Crippen LogP contribution in [0.3, 0.4) is 0 Å². The van der Waals surface area contributed by atoms with Crippen molar-refractivity contribution in [1.82, 2.24) is 19.5 Å². The summed E-state index contributed by atoms with van der Waals surface area (Å²) < 4.78 is 24.1. The summed E-state index contributed by atoms with van der Waals surface area (Å²) >= 11 is 1.42. The minimum Gasteiger partial charge on any atom is -0.493 e. The SMILES string of the molecule is COc1cc([C@@H](c2sc3nc(C)nn3c2O)N2C[C@@H](C)O[C@H](C)C2)cc(OC)c1OC. The lowest BCUT2D eigenvalue weighted by Gasteiger charge is -2.40. The zero-order valence-corrected chi connectivity index (χ0v) is 19.4. The second-order valence-electron chi connectivity index (χ2n) is 7.72. The largest absolute Gasteiger partial charge is 0.493 e. The molecule has 168 valence electrons. The zero-order chi connectivity index (χ0) is 22.3. The third-order valence-electron chi connectivity index (χ3n) is 5.37. The van der Waals surface area contributed by atoms with E-state index in [0.29, 0.717) is 41.1 Å². The number of fused-ring (bicyclic) bond motifs is 1. The van der Waals surface area contributed by atoms with E-state index in [1.165, 1.54) is 15.9 Å². The van der Waals surface area contributed by atoms with E-state index in [4.69, 9.17) is 18.9 Å². The monoisotopic (exact) mass is 448 g/mol. The van der Waals surface area contributed by atoms with Gasteiger partial charge in [-0.05, 0) is 38.5 Å². The number of thiazole rings is 1. The van der Waals surface area contributed by atoms with Gasteiger partial charge in [-0.15, -0.1) is 5.10 Å². The first kappa shape index (κ1) is 21.7. The van der Waals surface area contributed by atoms with E-state index in [-0.39, 0.29) is 24.1 Å². The van der Waals surface area contributed by atoms with Gasteiger partial charge in [-0.2, -0.15) is 4.52 Å². The van der Waals surface area contributed by atoms with Crippen LogP contribution in [0, 0.1) is 6.92 Å². The van der Waals surface area contributed by atoms with Gasteiger partial charge in [-0.3, -0.25) is 4.90 Å². The molecule has 1 aromatic carbocycles. The Morgan fingerprint density at radius 1 is 1.10 bits per heavy atom. The molecule has 9 nitrogen and oxygen atoms in total. The van der Waals surface area contributed by atoms with E-state index in [1.807, 2.05) is 12.1 Å². The van der Waals surface area contributed by atoms with Gasteiger partial charge in [-0.1, -0.05) is 11.3 Å². The fourth-order valence-corrected chi connectivity index (χ4v) is 5.40. The molecule has 2 aromatic heterocycles. The van der Waals surface area contributed by atoms with Crippen LogP contribution in [0.5, 0.6) is 23.1 Å². The number of aromatic hydroxyl groups is 1. The molecule has 1 aliphatic rings. The lowest BCUT2D eigenvalue weighted by molar-refractivity contribution is -0.0764. The number of morpholine rings is 1.